The highest BCUT2D eigenvalue weighted by atomic mass is 32.2. The van der Waals surface area contributed by atoms with Gasteiger partial charge in [0.2, 0.25) is 5.91 Å². The number of hydrogen-bond acceptors (Lipinski definition) is 5. The first-order valence-corrected chi connectivity index (χ1v) is 9.03. The minimum absolute atomic E-state index is 0.0143. The highest BCUT2D eigenvalue weighted by Crippen LogP contribution is 2.15. The summed E-state index contributed by atoms with van der Waals surface area (Å²) in [6.07, 6.45) is 0.0660. The van der Waals surface area contributed by atoms with E-state index in [9.17, 15) is 13.2 Å². The van der Waals surface area contributed by atoms with Crippen molar-refractivity contribution in [2.75, 3.05) is 37.3 Å². The van der Waals surface area contributed by atoms with Crippen LogP contribution in [-0.2, 0) is 19.4 Å². The smallest absolute Gasteiger partial charge is 0.242 e. The Morgan fingerprint density at radius 2 is 2.05 bits per heavy atom. The molecule has 1 heterocycles. The molecule has 1 aliphatic heterocycles. The van der Waals surface area contributed by atoms with Crippen molar-refractivity contribution in [1.82, 2.24) is 4.90 Å². The number of morpholine rings is 1. The molecule has 1 atom stereocenters. The molecule has 1 aromatic rings. The molecule has 1 aliphatic rings. The third kappa shape index (κ3) is 4.20. The summed E-state index contributed by atoms with van der Waals surface area (Å²) in [5.41, 5.74) is 0.727. The number of carbonyl (C=O) groups is 1. The van der Waals surface area contributed by atoms with Crippen LogP contribution in [0.5, 0.6) is 0 Å². The lowest BCUT2D eigenvalue weighted by Crippen LogP contribution is -2.46. The van der Waals surface area contributed by atoms with Gasteiger partial charge in [0.25, 0.3) is 0 Å². The van der Waals surface area contributed by atoms with E-state index in [1.54, 1.807) is 36.1 Å². The van der Waals surface area contributed by atoms with Gasteiger partial charge in [0.15, 0.2) is 9.84 Å². The molecular weight excluding hydrogens is 304 g/mol. The predicted octanol–water partition coefficient (Wildman–Crippen LogP) is 1.14. The molecule has 1 N–H and O–H groups in total. The van der Waals surface area contributed by atoms with Gasteiger partial charge in [-0.15, -0.1) is 0 Å². The fourth-order valence-electron chi connectivity index (χ4n) is 2.28. The standard InChI is InChI=1S/C15H22N2O4S/c1-3-22(19,20)14-6-4-13(5-7-14)16-10-15(18)17-8-9-21-12(2)11-17/h4-7,12,16H,3,8-11H2,1-2H3/t12-/m1/s1. The van der Waals surface area contributed by atoms with E-state index in [0.717, 1.165) is 5.69 Å². The van der Waals surface area contributed by atoms with Gasteiger partial charge in [-0.1, -0.05) is 6.92 Å². The Morgan fingerprint density at radius 3 is 2.64 bits per heavy atom. The number of rotatable bonds is 5. The first-order valence-electron chi connectivity index (χ1n) is 7.38. The predicted molar refractivity (Wildman–Crippen MR) is 84.7 cm³/mol. The number of ether oxygens (including phenoxy) is 1. The van der Waals surface area contributed by atoms with Crippen molar-refractivity contribution in [3.05, 3.63) is 24.3 Å². The average Bonchev–Trinajstić information content (AvgIpc) is 2.53. The van der Waals surface area contributed by atoms with Crippen molar-refractivity contribution in [2.45, 2.75) is 24.8 Å². The Bertz CT molecular complexity index is 613. The van der Waals surface area contributed by atoms with Gasteiger partial charge < -0.3 is 15.0 Å². The number of nitrogens with one attached hydrogen (secondary N) is 1. The van der Waals surface area contributed by atoms with Gasteiger partial charge in [0, 0.05) is 18.8 Å². The van der Waals surface area contributed by atoms with Gasteiger partial charge in [-0.3, -0.25) is 4.79 Å². The van der Waals surface area contributed by atoms with Gasteiger partial charge in [-0.2, -0.15) is 0 Å². The zero-order valence-electron chi connectivity index (χ0n) is 12.9. The van der Waals surface area contributed by atoms with Crippen LogP contribution in [0.15, 0.2) is 29.2 Å². The molecule has 1 fully saturated rings. The first kappa shape index (κ1) is 16.8. The van der Waals surface area contributed by atoms with Crippen LogP contribution in [0.1, 0.15) is 13.8 Å². The molecule has 0 spiro atoms. The molecule has 1 amide bonds. The highest BCUT2D eigenvalue weighted by Gasteiger charge is 2.20. The molecule has 1 aromatic carbocycles. The molecule has 22 heavy (non-hydrogen) atoms. The second-order valence-corrected chi connectivity index (χ2v) is 7.58. The van der Waals surface area contributed by atoms with E-state index in [-0.39, 0.29) is 24.3 Å². The number of anilines is 1. The number of nitrogens with zero attached hydrogens (tertiary/aromatic N) is 1. The third-order valence-electron chi connectivity index (χ3n) is 3.63. The van der Waals surface area contributed by atoms with Crippen molar-refractivity contribution in [3.63, 3.8) is 0 Å². The summed E-state index contributed by atoms with van der Waals surface area (Å²) in [6.45, 7) is 5.53. The summed E-state index contributed by atoms with van der Waals surface area (Å²) < 4.78 is 28.9. The molecule has 0 unspecified atom stereocenters. The Balaban J connectivity index is 1.90. The Morgan fingerprint density at radius 1 is 1.36 bits per heavy atom. The van der Waals surface area contributed by atoms with Gasteiger partial charge >= 0.3 is 0 Å². The van der Waals surface area contributed by atoms with Crippen LogP contribution in [0.4, 0.5) is 5.69 Å². The second-order valence-electron chi connectivity index (χ2n) is 5.30. The van der Waals surface area contributed by atoms with Crippen LogP contribution >= 0.6 is 0 Å². The Hall–Kier alpha value is -1.60. The minimum atomic E-state index is -3.19. The monoisotopic (exact) mass is 326 g/mol. The zero-order valence-corrected chi connectivity index (χ0v) is 13.7. The fraction of sp³-hybridized carbons (Fsp3) is 0.533. The van der Waals surface area contributed by atoms with E-state index in [0.29, 0.717) is 24.6 Å². The molecule has 1 saturated heterocycles. The molecule has 122 valence electrons. The normalized spacial score (nSPS) is 19.0. The van der Waals surface area contributed by atoms with Crippen molar-refractivity contribution in [1.29, 1.82) is 0 Å². The maximum atomic E-state index is 12.1. The maximum absolute atomic E-state index is 12.1. The third-order valence-corrected chi connectivity index (χ3v) is 5.38. The summed E-state index contributed by atoms with van der Waals surface area (Å²) in [6, 6.07) is 6.47. The van der Waals surface area contributed by atoms with E-state index >= 15 is 0 Å². The number of amides is 1. The van der Waals surface area contributed by atoms with Gasteiger partial charge in [0.1, 0.15) is 0 Å². The van der Waals surface area contributed by atoms with Crippen molar-refractivity contribution < 1.29 is 17.9 Å². The second kappa shape index (κ2) is 7.11. The van der Waals surface area contributed by atoms with Gasteiger partial charge in [-0.05, 0) is 31.2 Å². The van der Waals surface area contributed by atoms with Crippen LogP contribution in [0, 0.1) is 0 Å². The number of carbonyl (C=O) groups excluding carboxylic acids is 1. The van der Waals surface area contributed by atoms with Crippen LogP contribution in [-0.4, -0.2) is 57.3 Å². The van der Waals surface area contributed by atoms with Crippen LogP contribution < -0.4 is 5.32 Å². The topological polar surface area (TPSA) is 75.7 Å². The first-order chi connectivity index (χ1) is 10.4. The van der Waals surface area contributed by atoms with E-state index in [2.05, 4.69) is 5.32 Å². The van der Waals surface area contributed by atoms with Crippen molar-refractivity contribution in [2.24, 2.45) is 0 Å². The number of benzene rings is 1. The molecule has 0 aromatic heterocycles. The molecular formula is C15H22N2O4S. The molecule has 0 bridgehead atoms. The molecule has 0 radical (unpaired) electrons. The lowest BCUT2D eigenvalue weighted by atomic mass is 10.3. The summed E-state index contributed by atoms with van der Waals surface area (Å²) in [5, 5.41) is 3.03. The largest absolute Gasteiger partial charge is 0.376 e. The van der Waals surface area contributed by atoms with E-state index in [1.807, 2.05) is 6.92 Å². The van der Waals surface area contributed by atoms with E-state index in [4.69, 9.17) is 4.74 Å². The quantitative estimate of drug-likeness (QED) is 0.878. The zero-order chi connectivity index (χ0) is 16.2. The Kier molecular flexibility index (Phi) is 5.42. The molecule has 2 rings (SSSR count). The maximum Gasteiger partial charge on any atom is 0.242 e. The highest BCUT2D eigenvalue weighted by molar-refractivity contribution is 7.91. The summed E-state index contributed by atoms with van der Waals surface area (Å²) in [4.78, 5) is 14.2. The summed E-state index contributed by atoms with van der Waals surface area (Å²) in [7, 11) is -3.19. The van der Waals surface area contributed by atoms with E-state index < -0.39 is 9.84 Å². The lowest BCUT2D eigenvalue weighted by Gasteiger charge is -2.31. The fourth-order valence-corrected chi connectivity index (χ4v) is 3.17. The Labute approximate surface area is 131 Å². The molecule has 6 nitrogen and oxygen atoms in total. The van der Waals surface area contributed by atoms with Gasteiger partial charge in [-0.25, -0.2) is 8.42 Å². The lowest BCUT2D eigenvalue weighted by molar-refractivity contribution is -0.136. The molecule has 0 saturated carbocycles. The van der Waals surface area contributed by atoms with Crippen molar-refractivity contribution in [3.8, 4) is 0 Å². The number of hydrogen-bond donors (Lipinski definition) is 1. The summed E-state index contributed by atoms with van der Waals surface area (Å²) in [5.74, 6) is 0.0911. The minimum Gasteiger partial charge on any atom is -0.376 e. The van der Waals surface area contributed by atoms with Crippen LogP contribution in [0.3, 0.4) is 0 Å². The van der Waals surface area contributed by atoms with E-state index in [1.165, 1.54) is 0 Å². The summed E-state index contributed by atoms with van der Waals surface area (Å²) >= 11 is 0. The van der Waals surface area contributed by atoms with Crippen LogP contribution in [0.2, 0.25) is 0 Å². The van der Waals surface area contributed by atoms with Gasteiger partial charge in [0.05, 0.1) is 29.9 Å². The van der Waals surface area contributed by atoms with Crippen LogP contribution in [0.25, 0.3) is 0 Å². The van der Waals surface area contributed by atoms with Crippen molar-refractivity contribution >= 4 is 21.4 Å². The SMILES string of the molecule is CCS(=O)(=O)c1ccc(NCC(=O)N2CCO[C@H](C)C2)cc1. The molecule has 7 heteroatoms. The molecule has 0 aliphatic carbocycles. The average molecular weight is 326 g/mol. The number of sulfone groups is 1.